The smallest absolute Gasteiger partial charge is 0.408 e. The van der Waals surface area contributed by atoms with Crippen molar-refractivity contribution in [1.82, 2.24) is 10.3 Å². The summed E-state index contributed by atoms with van der Waals surface area (Å²) in [5, 5.41) is 19.8. The number of aromatic nitrogens is 1. The summed E-state index contributed by atoms with van der Waals surface area (Å²) in [6.07, 6.45) is -0.795. The second-order valence-corrected chi connectivity index (χ2v) is 5.79. The first-order valence-electron chi connectivity index (χ1n) is 7.14. The Morgan fingerprint density at radius 3 is 2.62 bits per heavy atom. The van der Waals surface area contributed by atoms with Crippen LogP contribution in [-0.2, 0) is 20.7 Å². The number of esters is 1. The summed E-state index contributed by atoms with van der Waals surface area (Å²) in [5.41, 5.74) is -0.123. The lowest BCUT2D eigenvalue weighted by Gasteiger charge is -2.22. The lowest BCUT2D eigenvalue weighted by atomic mass is 10.1. The van der Waals surface area contributed by atoms with Crippen LogP contribution in [0.25, 0.3) is 0 Å². The van der Waals surface area contributed by atoms with Crippen molar-refractivity contribution in [2.24, 2.45) is 0 Å². The Balaban J connectivity index is 2.88. The van der Waals surface area contributed by atoms with Crippen molar-refractivity contribution in [3.8, 4) is 12.1 Å². The molecule has 1 heterocycles. The van der Waals surface area contributed by atoms with Crippen LogP contribution in [0.1, 0.15) is 32.2 Å². The largest absolute Gasteiger partial charge is 0.449 e. The van der Waals surface area contributed by atoms with E-state index in [0.29, 0.717) is 5.69 Å². The van der Waals surface area contributed by atoms with E-state index in [2.05, 4.69) is 10.3 Å². The molecule has 1 atom stereocenters. The van der Waals surface area contributed by atoms with E-state index in [1.165, 1.54) is 6.07 Å². The Hall–Kier alpha value is -3.13. The lowest BCUT2D eigenvalue weighted by Crippen LogP contribution is -2.45. The maximum absolute atomic E-state index is 12.0. The minimum absolute atomic E-state index is 0.000967. The Morgan fingerprint density at radius 2 is 2.04 bits per heavy atom. The minimum Gasteiger partial charge on any atom is -0.449 e. The van der Waals surface area contributed by atoms with E-state index in [9.17, 15) is 9.59 Å². The van der Waals surface area contributed by atoms with Crippen LogP contribution in [0.2, 0.25) is 0 Å². The van der Waals surface area contributed by atoms with Crippen LogP contribution in [-0.4, -0.2) is 35.3 Å². The molecule has 0 spiro atoms. The van der Waals surface area contributed by atoms with Crippen molar-refractivity contribution in [3.63, 3.8) is 0 Å². The van der Waals surface area contributed by atoms with Gasteiger partial charge < -0.3 is 14.8 Å². The summed E-state index contributed by atoms with van der Waals surface area (Å²) in [6, 6.07) is 7.24. The average Bonchev–Trinajstić information content (AvgIpc) is 2.50. The second-order valence-electron chi connectivity index (χ2n) is 5.79. The summed E-state index contributed by atoms with van der Waals surface area (Å²) in [7, 11) is 0. The molecule has 1 N–H and O–H groups in total. The first kappa shape index (κ1) is 18.9. The van der Waals surface area contributed by atoms with Gasteiger partial charge in [-0.25, -0.2) is 14.6 Å². The lowest BCUT2D eigenvalue weighted by molar-refractivity contribution is -0.144. The third kappa shape index (κ3) is 6.75. The zero-order valence-corrected chi connectivity index (χ0v) is 13.7. The van der Waals surface area contributed by atoms with Crippen LogP contribution in [0.5, 0.6) is 0 Å². The number of nitrogens with one attached hydrogen (secondary N) is 1. The van der Waals surface area contributed by atoms with Gasteiger partial charge in [0.2, 0.25) is 0 Å². The number of carbonyl (C=O) groups is 2. The van der Waals surface area contributed by atoms with E-state index in [-0.39, 0.29) is 12.1 Å². The summed E-state index contributed by atoms with van der Waals surface area (Å²) in [5.74, 6) is -0.786. The highest BCUT2D eigenvalue weighted by atomic mass is 16.6. The van der Waals surface area contributed by atoms with Gasteiger partial charge in [-0.05, 0) is 32.9 Å². The first-order valence-corrected chi connectivity index (χ1v) is 7.14. The first-order chi connectivity index (χ1) is 11.2. The second kappa shape index (κ2) is 8.49. The predicted octanol–water partition coefficient (Wildman–Crippen LogP) is 1.46. The normalized spacial score (nSPS) is 11.5. The van der Waals surface area contributed by atoms with Gasteiger partial charge in [-0.3, -0.25) is 0 Å². The number of amides is 1. The van der Waals surface area contributed by atoms with Gasteiger partial charge in [-0.15, -0.1) is 0 Å². The third-order valence-electron chi connectivity index (χ3n) is 2.59. The predicted molar refractivity (Wildman–Crippen MR) is 82.4 cm³/mol. The molecule has 1 aromatic rings. The molecule has 0 aromatic carbocycles. The standard InChI is InChI=1S/C16H18N4O4/c1-16(2,3)24-15(22)20-13(14(21)23-8-7-17)9-11-5-4-6-12(10-18)19-11/h4-6,13H,8-9H2,1-3H3,(H,20,22)/t13-/m0/s1. The van der Waals surface area contributed by atoms with Gasteiger partial charge in [-0.2, -0.15) is 10.5 Å². The van der Waals surface area contributed by atoms with E-state index in [4.69, 9.17) is 20.0 Å². The molecule has 0 bridgehead atoms. The molecule has 24 heavy (non-hydrogen) atoms. The number of nitrogens with zero attached hydrogens (tertiary/aromatic N) is 3. The highest BCUT2D eigenvalue weighted by Gasteiger charge is 2.26. The SMILES string of the molecule is CC(C)(C)OC(=O)N[C@@H](Cc1cccc(C#N)n1)C(=O)OCC#N. The Labute approximate surface area is 140 Å². The molecule has 1 rings (SSSR count). The van der Waals surface area contributed by atoms with Gasteiger partial charge in [0.15, 0.2) is 6.61 Å². The van der Waals surface area contributed by atoms with E-state index in [1.54, 1.807) is 39.0 Å². The molecule has 0 saturated carbocycles. The van der Waals surface area contributed by atoms with Crippen molar-refractivity contribution >= 4 is 12.1 Å². The molecule has 8 nitrogen and oxygen atoms in total. The van der Waals surface area contributed by atoms with Crippen LogP contribution >= 0.6 is 0 Å². The maximum atomic E-state index is 12.0. The molecule has 0 saturated heterocycles. The number of rotatable bonds is 5. The molecular formula is C16H18N4O4. The fraction of sp³-hybridized carbons (Fsp3) is 0.438. The topological polar surface area (TPSA) is 125 Å². The Kier molecular flexibility index (Phi) is 6.69. The number of hydrogen-bond donors (Lipinski definition) is 1. The number of ether oxygens (including phenoxy) is 2. The van der Waals surface area contributed by atoms with Gasteiger partial charge in [-0.1, -0.05) is 6.07 Å². The van der Waals surface area contributed by atoms with Crippen LogP contribution in [0, 0.1) is 22.7 Å². The number of hydrogen-bond acceptors (Lipinski definition) is 7. The molecule has 0 fully saturated rings. The van der Waals surface area contributed by atoms with Gasteiger partial charge in [0.25, 0.3) is 0 Å². The van der Waals surface area contributed by atoms with Gasteiger partial charge >= 0.3 is 12.1 Å². The monoisotopic (exact) mass is 330 g/mol. The molecule has 1 aromatic heterocycles. The van der Waals surface area contributed by atoms with E-state index >= 15 is 0 Å². The van der Waals surface area contributed by atoms with Crippen LogP contribution < -0.4 is 5.32 Å². The summed E-state index contributed by atoms with van der Waals surface area (Å²) < 4.78 is 9.86. The van der Waals surface area contributed by atoms with Crippen molar-refractivity contribution in [2.75, 3.05) is 6.61 Å². The number of carbonyl (C=O) groups excluding carboxylic acids is 2. The number of nitriles is 2. The van der Waals surface area contributed by atoms with Gasteiger partial charge in [0, 0.05) is 12.1 Å². The van der Waals surface area contributed by atoms with Crippen molar-refractivity contribution in [3.05, 3.63) is 29.6 Å². The Bertz CT molecular complexity index is 683. The van der Waals surface area contributed by atoms with Crippen molar-refractivity contribution < 1.29 is 19.1 Å². The number of alkyl carbamates (subject to hydrolysis) is 1. The molecule has 0 radical (unpaired) electrons. The molecule has 0 aliphatic heterocycles. The Morgan fingerprint density at radius 1 is 1.33 bits per heavy atom. The molecule has 8 heteroatoms. The maximum Gasteiger partial charge on any atom is 0.408 e. The van der Waals surface area contributed by atoms with Crippen LogP contribution in [0.15, 0.2) is 18.2 Å². The van der Waals surface area contributed by atoms with Gasteiger partial charge in [0.05, 0.1) is 0 Å². The highest BCUT2D eigenvalue weighted by molar-refractivity contribution is 5.81. The zero-order valence-electron chi connectivity index (χ0n) is 13.7. The van der Waals surface area contributed by atoms with Gasteiger partial charge in [0.1, 0.15) is 29.5 Å². The van der Waals surface area contributed by atoms with E-state index in [1.807, 2.05) is 6.07 Å². The summed E-state index contributed by atoms with van der Waals surface area (Å²) in [4.78, 5) is 28.0. The molecule has 1 amide bonds. The third-order valence-corrected chi connectivity index (χ3v) is 2.59. The minimum atomic E-state index is -1.09. The van der Waals surface area contributed by atoms with E-state index in [0.717, 1.165) is 0 Å². The summed E-state index contributed by atoms with van der Waals surface area (Å²) in [6.45, 7) is 4.63. The van der Waals surface area contributed by atoms with Crippen LogP contribution in [0.3, 0.4) is 0 Å². The van der Waals surface area contributed by atoms with Crippen molar-refractivity contribution in [1.29, 1.82) is 10.5 Å². The molecular weight excluding hydrogens is 312 g/mol. The van der Waals surface area contributed by atoms with E-state index < -0.39 is 30.3 Å². The summed E-state index contributed by atoms with van der Waals surface area (Å²) >= 11 is 0. The average molecular weight is 330 g/mol. The molecule has 0 aliphatic rings. The molecule has 0 unspecified atom stereocenters. The van der Waals surface area contributed by atoms with Crippen molar-refractivity contribution in [2.45, 2.75) is 38.8 Å². The van der Waals surface area contributed by atoms with Crippen LogP contribution in [0.4, 0.5) is 4.79 Å². The molecule has 0 aliphatic carbocycles. The fourth-order valence-corrected chi connectivity index (χ4v) is 1.71. The highest BCUT2D eigenvalue weighted by Crippen LogP contribution is 2.09. The molecule has 126 valence electrons. The fourth-order valence-electron chi connectivity index (χ4n) is 1.71. The number of pyridine rings is 1. The quantitative estimate of drug-likeness (QED) is 0.810. The zero-order chi connectivity index (χ0) is 18.2.